The summed E-state index contributed by atoms with van der Waals surface area (Å²) >= 11 is 0. The van der Waals surface area contributed by atoms with Crippen LogP contribution in [0.1, 0.15) is 18.9 Å². The van der Waals surface area contributed by atoms with E-state index in [1.54, 1.807) is 18.5 Å². The number of nitrogens with one attached hydrogen (secondary N) is 1. The van der Waals surface area contributed by atoms with Gasteiger partial charge in [-0.15, -0.1) is 0 Å². The van der Waals surface area contributed by atoms with Crippen LogP contribution in [0.4, 0.5) is 5.82 Å². The first-order chi connectivity index (χ1) is 10.8. The van der Waals surface area contributed by atoms with E-state index in [4.69, 9.17) is 0 Å². The maximum Gasteiger partial charge on any atom is 0.241 e. The molecule has 0 aliphatic carbocycles. The molecule has 2 aromatic heterocycles. The number of carbonyl (C=O) groups is 1. The van der Waals surface area contributed by atoms with Gasteiger partial charge in [-0.05, 0) is 18.4 Å². The molecule has 0 saturated carbocycles. The third-order valence-electron chi connectivity index (χ3n) is 3.64. The number of likely N-dealkylation sites (tertiary alicyclic amines) is 1. The fraction of sp³-hybridized carbons (Fsp3) is 0.400. The van der Waals surface area contributed by atoms with E-state index in [-0.39, 0.29) is 12.5 Å². The number of rotatable bonds is 5. The van der Waals surface area contributed by atoms with Gasteiger partial charge in [0.25, 0.3) is 0 Å². The lowest BCUT2D eigenvalue weighted by atomic mass is 10.2. The molecule has 114 valence electrons. The second-order valence-corrected chi connectivity index (χ2v) is 5.14. The zero-order chi connectivity index (χ0) is 15.4. The Bertz CT molecular complexity index is 653. The van der Waals surface area contributed by atoms with Crippen molar-refractivity contribution in [2.45, 2.75) is 19.8 Å². The summed E-state index contributed by atoms with van der Waals surface area (Å²) in [5.41, 5.74) is 1.72. The molecule has 3 heterocycles. The Kier molecular flexibility index (Phi) is 4.22. The molecule has 0 bridgehead atoms. The van der Waals surface area contributed by atoms with E-state index in [0.29, 0.717) is 17.3 Å². The van der Waals surface area contributed by atoms with E-state index < -0.39 is 0 Å². The first kappa shape index (κ1) is 14.4. The highest BCUT2D eigenvalue weighted by Gasteiger charge is 2.19. The zero-order valence-corrected chi connectivity index (χ0v) is 12.5. The summed E-state index contributed by atoms with van der Waals surface area (Å²) in [6.07, 6.45) is 7.03. The fourth-order valence-corrected chi connectivity index (χ4v) is 2.09. The quantitative estimate of drug-likeness (QED) is 0.891. The summed E-state index contributed by atoms with van der Waals surface area (Å²) < 4.78 is 0. The molecule has 1 saturated heterocycles. The van der Waals surface area contributed by atoms with Crippen molar-refractivity contribution in [2.75, 3.05) is 25.0 Å². The van der Waals surface area contributed by atoms with Crippen LogP contribution in [0.5, 0.6) is 0 Å². The number of nitrogens with zero attached hydrogens (tertiary/aromatic N) is 5. The number of hydrogen-bond donors (Lipinski definition) is 1. The van der Waals surface area contributed by atoms with Gasteiger partial charge in [-0.1, -0.05) is 6.92 Å². The minimum atomic E-state index is 0.0926. The van der Waals surface area contributed by atoms with E-state index in [1.807, 2.05) is 4.90 Å². The maximum atomic E-state index is 11.8. The predicted molar refractivity (Wildman–Crippen MR) is 82.1 cm³/mol. The number of anilines is 1. The Morgan fingerprint density at radius 1 is 1.23 bits per heavy atom. The Balaban J connectivity index is 1.67. The van der Waals surface area contributed by atoms with Crippen molar-refractivity contribution in [1.82, 2.24) is 24.8 Å². The molecule has 1 N–H and O–H groups in total. The molecule has 0 spiro atoms. The molecule has 1 fully saturated rings. The normalized spacial score (nSPS) is 13.6. The highest BCUT2D eigenvalue weighted by atomic mass is 16.2. The lowest BCUT2D eigenvalue weighted by molar-refractivity contribution is -0.132. The first-order valence-electron chi connectivity index (χ1n) is 7.41. The van der Waals surface area contributed by atoms with Gasteiger partial charge in [0, 0.05) is 31.5 Å². The van der Waals surface area contributed by atoms with Crippen molar-refractivity contribution in [1.29, 1.82) is 0 Å². The Morgan fingerprint density at radius 3 is 2.64 bits per heavy atom. The topological polar surface area (TPSA) is 83.9 Å². The van der Waals surface area contributed by atoms with Gasteiger partial charge in [0.05, 0.1) is 6.54 Å². The molecule has 3 rings (SSSR count). The Hall–Kier alpha value is -2.57. The number of hydrogen-bond acceptors (Lipinski definition) is 6. The minimum Gasteiger partial charge on any atom is -0.361 e. The van der Waals surface area contributed by atoms with Crippen LogP contribution in [0, 0.1) is 0 Å². The van der Waals surface area contributed by atoms with Gasteiger partial charge in [-0.3, -0.25) is 4.79 Å². The van der Waals surface area contributed by atoms with Crippen LogP contribution < -0.4 is 5.32 Å². The molecule has 22 heavy (non-hydrogen) atoms. The van der Waals surface area contributed by atoms with Gasteiger partial charge in [0.2, 0.25) is 5.91 Å². The molecule has 7 heteroatoms. The molecular weight excluding hydrogens is 280 g/mol. The van der Waals surface area contributed by atoms with Crippen LogP contribution in [0.25, 0.3) is 11.5 Å². The van der Waals surface area contributed by atoms with Crippen molar-refractivity contribution in [3.63, 3.8) is 0 Å². The van der Waals surface area contributed by atoms with Crippen LogP contribution >= 0.6 is 0 Å². The number of amides is 1. The molecule has 1 aliphatic heterocycles. The van der Waals surface area contributed by atoms with E-state index in [1.165, 1.54) is 6.33 Å². The van der Waals surface area contributed by atoms with Crippen LogP contribution in [0.3, 0.4) is 0 Å². The molecule has 0 unspecified atom stereocenters. The summed E-state index contributed by atoms with van der Waals surface area (Å²) in [5.74, 6) is 1.24. The maximum absolute atomic E-state index is 11.8. The van der Waals surface area contributed by atoms with E-state index in [2.05, 4.69) is 32.2 Å². The van der Waals surface area contributed by atoms with Crippen molar-refractivity contribution < 1.29 is 4.79 Å². The van der Waals surface area contributed by atoms with Gasteiger partial charge in [0.1, 0.15) is 17.8 Å². The fourth-order valence-electron chi connectivity index (χ4n) is 2.09. The van der Waals surface area contributed by atoms with Gasteiger partial charge < -0.3 is 10.2 Å². The summed E-state index contributed by atoms with van der Waals surface area (Å²) in [7, 11) is 0. The third kappa shape index (κ3) is 3.19. The molecule has 1 aliphatic rings. The average Bonchev–Trinajstić information content (AvgIpc) is 2.52. The Labute approximate surface area is 128 Å². The smallest absolute Gasteiger partial charge is 0.241 e. The van der Waals surface area contributed by atoms with E-state index in [9.17, 15) is 4.79 Å². The predicted octanol–water partition coefficient (Wildman–Crippen LogP) is 1.14. The highest BCUT2D eigenvalue weighted by Crippen LogP contribution is 2.14. The zero-order valence-electron chi connectivity index (χ0n) is 12.5. The average molecular weight is 298 g/mol. The lowest BCUT2D eigenvalue weighted by Crippen LogP contribution is -2.44. The summed E-state index contributed by atoms with van der Waals surface area (Å²) in [6, 6.07) is 1.75. The molecule has 7 nitrogen and oxygen atoms in total. The molecular formula is C15H18N6O. The SMILES string of the molecule is CCc1cnc(-c2cc(NCC(=O)N3CCC3)ncn2)nc1. The van der Waals surface area contributed by atoms with Crippen LogP contribution in [-0.4, -0.2) is 50.4 Å². The van der Waals surface area contributed by atoms with Crippen LogP contribution in [-0.2, 0) is 11.2 Å². The van der Waals surface area contributed by atoms with Crippen molar-refractivity contribution >= 4 is 11.7 Å². The molecule has 0 atom stereocenters. The molecule has 0 radical (unpaired) electrons. The lowest BCUT2D eigenvalue weighted by Gasteiger charge is -2.30. The highest BCUT2D eigenvalue weighted by molar-refractivity contribution is 5.81. The molecule has 0 aromatic carbocycles. The van der Waals surface area contributed by atoms with Crippen molar-refractivity contribution in [3.8, 4) is 11.5 Å². The van der Waals surface area contributed by atoms with Gasteiger partial charge >= 0.3 is 0 Å². The monoisotopic (exact) mass is 298 g/mol. The van der Waals surface area contributed by atoms with Gasteiger partial charge in [-0.25, -0.2) is 19.9 Å². The number of aryl methyl sites for hydroxylation is 1. The largest absolute Gasteiger partial charge is 0.361 e. The first-order valence-corrected chi connectivity index (χ1v) is 7.41. The number of aromatic nitrogens is 4. The van der Waals surface area contributed by atoms with Crippen molar-refractivity contribution in [3.05, 3.63) is 30.4 Å². The minimum absolute atomic E-state index is 0.0926. The summed E-state index contributed by atoms with van der Waals surface area (Å²) in [4.78, 5) is 30.6. The third-order valence-corrected chi connectivity index (χ3v) is 3.64. The van der Waals surface area contributed by atoms with Gasteiger partial charge in [0.15, 0.2) is 5.82 Å². The van der Waals surface area contributed by atoms with Gasteiger partial charge in [-0.2, -0.15) is 0 Å². The summed E-state index contributed by atoms with van der Waals surface area (Å²) in [5, 5.41) is 3.03. The van der Waals surface area contributed by atoms with Crippen LogP contribution in [0.2, 0.25) is 0 Å². The molecule has 2 aromatic rings. The second-order valence-electron chi connectivity index (χ2n) is 5.14. The standard InChI is InChI=1S/C15H18N6O/c1-2-11-7-17-15(18-8-11)12-6-13(20-10-19-12)16-9-14(22)21-4-3-5-21/h6-8,10H,2-5,9H2,1H3,(H,16,19,20). The van der Waals surface area contributed by atoms with Crippen LogP contribution in [0.15, 0.2) is 24.8 Å². The van der Waals surface area contributed by atoms with Crippen molar-refractivity contribution in [2.24, 2.45) is 0 Å². The molecule has 1 amide bonds. The van der Waals surface area contributed by atoms with E-state index >= 15 is 0 Å². The summed E-state index contributed by atoms with van der Waals surface area (Å²) in [6.45, 7) is 4.01. The Morgan fingerprint density at radius 2 is 2.00 bits per heavy atom. The number of carbonyl (C=O) groups excluding carboxylic acids is 1. The second kappa shape index (κ2) is 6.46. The van der Waals surface area contributed by atoms with E-state index in [0.717, 1.165) is 31.5 Å².